The van der Waals surface area contributed by atoms with E-state index in [2.05, 4.69) is 80.5 Å². The second-order valence-corrected chi connectivity index (χ2v) is 5.50. The first-order valence-electron chi connectivity index (χ1n) is 6.91. The second kappa shape index (κ2) is 6.53. The summed E-state index contributed by atoms with van der Waals surface area (Å²) in [5.41, 5.74) is 4.18. The van der Waals surface area contributed by atoms with Crippen LogP contribution in [0.15, 0.2) is 54.6 Å². The molecular weight excluding hydrogens is 230 g/mol. The van der Waals surface area contributed by atoms with Crippen LogP contribution >= 0.6 is 0 Å². The Labute approximate surface area is 116 Å². The van der Waals surface area contributed by atoms with Gasteiger partial charge < -0.3 is 4.90 Å². The monoisotopic (exact) mass is 253 g/mol. The first-order chi connectivity index (χ1) is 9.15. The fourth-order valence-corrected chi connectivity index (χ4v) is 2.43. The Bertz CT molecular complexity index is 502. The Morgan fingerprint density at radius 2 is 1.47 bits per heavy atom. The van der Waals surface area contributed by atoms with E-state index in [1.165, 1.54) is 16.7 Å². The molecule has 2 rings (SSSR count). The van der Waals surface area contributed by atoms with Crippen LogP contribution in [-0.4, -0.2) is 25.0 Å². The van der Waals surface area contributed by atoms with Crippen molar-refractivity contribution in [2.45, 2.75) is 25.8 Å². The molecule has 1 atom stereocenters. The van der Waals surface area contributed by atoms with Gasteiger partial charge in [-0.25, -0.2) is 0 Å². The van der Waals surface area contributed by atoms with Gasteiger partial charge in [0, 0.05) is 6.04 Å². The number of benzene rings is 2. The molecule has 0 spiro atoms. The second-order valence-electron chi connectivity index (χ2n) is 5.50. The van der Waals surface area contributed by atoms with Gasteiger partial charge in [-0.15, -0.1) is 0 Å². The molecule has 0 radical (unpaired) electrons. The average Bonchev–Trinajstić information content (AvgIpc) is 2.39. The highest BCUT2D eigenvalue weighted by molar-refractivity contribution is 5.24. The van der Waals surface area contributed by atoms with E-state index < -0.39 is 0 Å². The zero-order valence-electron chi connectivity index (χ0n) is 12.1. The minimum absolute atomic E-state index is 0.546. The van der Waals surface area contributed by atoms with Crippen molar-refractivity contribution in [1.82, 2.24) is 4.90 Å². The normalized spacial score (nSPS) is 12.6. The first kappa shape index (κ1) is 13.8. The number of rotatable bonds is 5. The molecule has 1 unspecified atom stereocenters. The number of hydrogen-bond donors (Lipinski definition) is 0. The molecule has 0 aromatic heterocycles. The van der Waals surface area contributed by atoms with Crippen molar-refractivity contribution >= 4 is 0 Å². The number of nitrogens with zero attached hydrogens (tertiary/aromatic N) is 1. The van der Waals surface area contributed by atoms with Crippen LogP contribution in [0.2, 0.25) is 0 Å². The number of aryl methyl sites for hydroxylation is 1. The lowest BCUT2D eigenvalue weighted by molar-refractivity contribution is 0.289. The molecule has 0 heterocycles. The summed E-state index contributed by atoms with van der Waals surface area (Å²) in [7, 11) is 4.34. The quantitative estimate of drug-likeness (QED) is 0.785. The highest BCUT2D eigenvalue weighted by Gasteiger charge is 2.13. The van der Waals surface area contributed by atoms with Crippen LogP contribution < -0.4 is 0 Å². The van der Waals surface area contributed by atoms with E-state index in [0.29, 0.717) is 6.04 Å². The maximum Gasteiger partial charge on any atom is 0.0170 e. The van der Waals surface area contributed by atoms with Gasteiger partial charge in [-0.2, -0.15) is 0 Å². The Hall–Kier alpha value is -1.60. The Balaban J connectivity index is 2.08. The molecule has 2 aromatic carbocycles. The summed E-state index contributed by atoms with van der Waals surface area (Å²) < 4.78 is 0. The molecule has 0 N–H and O–H groups in total. The van der Waals surface area contributed by atoms with Crippen molar-refractivity contribution in [1.29, 1.82) is 0 Å². The van der Waals surface area contributed by atoms with Crippen LogP contribution in [0, 0.1) is 6.92 Å². The third kappa shape index (κ3) is 4.22. The Morgan fingerprint density at radius 3 is 2.11 bits per heavy atom. The van der Waals surface area contributed by atoms with Crippen molar-refractivity contribution in [2.75, 3.05) is 14.1 Å². The van der Waals surface area contributed by atoms with Gasteiger partial charge in [-0.05, 0) is 45.0 Å². The molecule has 0 aliphatic carbocycles. The van der Waals surface area contributed by atoms with Crippen molar-refractivity contribution in [2.24, 2.45) is 0 Å². The third-order valence-corrected chi connectivity index (χ3v) is 3.60. The summed E-state index contributed by atoms with van der Waals surface area (Å²) in [5, 5.41) is 0. The van der Waals surface area contributed by atoms with Gasteiger partial charge in [0.05, 0.1) is 0 Å². The minimum atomic E-state index is 0.546. The SMILES string of the molecule is Cc1cccc(CC(Cc2ccccc2)N(C)C)c1. The Kier molecular flexibility index (Phi) is 4.75. The van der Waals surface area contributed by atoms with E-state index in [4.69, 9.17) is 0 Å². The lowest BCUT2D eigenvalue weighted by Gasteiger charge is -2.24. The molecule has 0 aliphatic heterocycles. The zero-order valence-corrected chi connectivity index (χ0v) is 12.1. The third-order valence-electron chi connectivity index (χ3n) is 3.60. The van der Waals surface area contributed by atoms with Gasteiger partial charge in [0.15, 0.2) is 0 Å². The molecule has 100 valence electrons. The van der Waals surface area contributed by atoms with Crippen molar-refractivity contribution < 1.29 is 0 Å². The van der Waals surface area contributed by atoms with E-state index in [1.807, 2.05) is 0 Å². The standard InChI is InChI=1S/C18H23N/c1-15-8-7-11-17(12-15)14-18(19(2)3)13-16-9-5-4-6-10-16/h4-12,18H,13-14H2,1-3H3. The van der Waals surface area contributed by atoms with Crippen LogP contribution in [0.3, 0.4) is 0 Å². The van der Waals surface area contributed by atoms with E-state index in [-0.39, 0.29) is 0 Å². The maximum absolute atomic E-state index is 2.33. The fraction of sp³-hybridized carbons (Fsp3) is 0.333. The molecule has 1 heteroatoms. The summed E-state index contributed by atoms with van der Waals surface area (Å²) in [5.74, 6) is 0. The smallest absolute Gasteiger partial charge is 0.0170 e. The van der Waals surface area contributed by atoms with E-state index in [0.717, 1.165) is 12.8 Å². The summed E-state index contributed by atoms with van der Waals surface area (Å²) in [6, 6.07) is 20.1. The van der Waals surface area contributed by atoms with Crippen molar-refractivity contribution in [3.63, 3.8) is 0 Å². The lowest BCUT2D eigenvalue weighted by Crippen LogP contribution is -2.32. The molecule has 0 fully saturated rings. The highest BCUT2D eigenvalue weighted by atomic mass is 15.1. The van der Waals surface area contributed by atoms with E-state index >= 15 is 0 Å². The van der Waals surface area contributed by atoms with E-state index in [9.17, 15) is 0 Å². The molecule has 2 aromatic rings. The number of likely N-dealkylation sites (N-methyl/N-ethyl adjacent to an activating group) is 1. The topological polar surface area (TPSA) is 3.24 Å². The van der Waals surface area contributed by atoms with Crippen LogP contribution in [0.5, 0.6) is 0 Å². The van der Waals surface area contributed by atoms with Gasteiger partial charge in [0.2, 0.25) is 0 Å². The molecule has 0 amide bonds. The summed E-state index contributed by atoms with van der Waals surface area (Å²) in [6.07, 6.45) is 2.20. The van der Waals surface area contributed by atoms with Gasteiger partial charge in [0.1, 0.15) is 0 Å². The minimum Gasteiger partial charge on any atom is -0.306 e. The molecule has 0 bridgehead atoms. The van der Waals surface area contributed by atoms with Gasteiger partial charge in [-0.3, -0.25) is 0 Å². The van der Waals surface area contributed by atoms with Gasteiger partial charge in [-0.1, -0.05) is 60.2 Å². The van der Waals surface area contributed by atoms with Crippen molar-refractivity contribution in [3.05, 3.63) is 71.3 Å². The molecular formula is C18H23N. The number of hydrogen-bond acceptors (Lipinski definition) is 1. The predicted octanol–water partition coefficient (Wildman–Crippen LogP) is 3.71. The average molecular weight is 253 g/mol. The molecule has 0 saturated heterocycles. The first-order valence-corrected chi connectivity index (χ1v) is 6.91. The van der Waals surface area contributed by atoms with E-state index in [1.54, 1.807) is 0 Å². The molecule has 19 heavy (non-hydrogen) atoms. The summed E-state index contributed by atoms with van der Waals surface area (Å²) in [4.78, 5) is 2.33. The Morgan fingerprint density at radius 1 is 0.842 bits per heavy atom. The highest BCUT2D eigenvalue weighted by Crippen LogP contribution is 2.13. The lowest BCUT2D eigenvalue weighted by atomic mass is 9.97. The van der Waals surface area contributed by atoms with Gasteiger partial charge >= 0.3 is 0 Å². The van der Waals surface area contributed by atoms with Crippen LogP contribution in [0.25, 0.3) is 0 Å². The molecule has 0 saturated carbocycles. The van der Waals surface area contributed by atoms with Crippen LogP contribution in [0.1, 0.15) is 16.7 Å². The zero-order chi connectivity index (χ0) is 13.7. The largest absolute Gasteiger partial charge is 0.306 e. The van der Waals surface area contributed by atoms with Crippen LogP contribution in [0.4, 0.5) is 0 Å². The predicted molar refractivity (Wildman–Crippen MR) is 82.5 cm³/mol. The summed E-state index contributed by atoms with van der Waals surface area (Å²) >= 11 is 0. The maximum atomic E-state index is 2.33. The fourth-order valence-electron chi connectivity index (χ4n) is 2.43. The van der Waals surface area contributed by atoms with Crippen molar-refractivity contribution in [3.8, 4) is 0 Å². The molecule has 0 aliphatic rings. The summed E-state index contributed by atoms with van der Waals surface area (Å²) in [6.45, 7) is 2.16. The van der Waals surface area contributed by atoms with Gasteiger partial charge in [0.25, 0.3) is 0 Å². The van der Waals surface area contributed by atoms with Crippen LogP contribution in [-0.2, 0) is 12.8 Å². The molecule has 1 nitrogen and oxygen atoms in total.